The number of ether oxygens (including phenoxy) is 1. The zero-order valence-electron chi connectivity index (χ0n) is 18.4. The molecule has 9 heteroatoms. The lowest BCUT2D eigenvalue weighted by molar-refractivity contribution is 0.242. The van der Waals surface area contributed by atoms with Gasteiger partial charge in [0, 0.05) is 12.1 Å². The molecule has 168 valence electrons. The van der Waals surface area contributed by atoms with Gasteiger partial charge >= 0.3 is 0 Å². The van der Waals surface area contributed by atoms with Crippen LogP contribution in [0.25, 0.3) is 11.3 Å². The van der Waals surface area contributed by atoms with Gasteiger partial charge in [0.2, 0.25) is 0 Å². The molecule has 2 aromatic heterocycles. The normalized spacial score (nSPS) is 13.7. The van der Waals surface area contributed by atoms with E-state index in [9.17, 15) is 5.11 Å². The minimum absolute atomic E-state index is 0.0324. The molecule has 4 rings (SSSR count). The summed E-state index contributed by atoms with van der Waals surface area (Å²) in [6.07, 6.45) is 9.44. The highest BCUT2D eigenvalue weighted by atomic mass is 16.5. The van der Waals surface area contributed by atoms with Crippen molar-refractivity contribution in [2.45, 2.75) is 58.1 Å². The Labute approximate surface area is 187 Å². The van der Waals surface area contributed by atoms with Crippen LogP contribution >= 0.6 is 0 Å². The van der Waals surface area contributed by atoms with Gasteiger partial charge in [-0.1, -0.05) is 25.3 Å². The van der Waals surface area contributed by atoms with Gasteiger partial charge in [-0.15, -0.1) is 0 Å². The molecule has 0 amide bonds. The first-order valence-electron chi connectivity index (χ1n) is 10.8. The summed E-state index contributed by atoms with van der Waals surface area (Å²) in [4.78, 5) is 8.01. The minimum Gasteiger partial charge on any atom is -0.507 e. The maximum Gasteiger partial charge on any atom is 0.158 e. The van der Waals surface area contributed by atoms with Gasteiger partial charge in [0.25, 0.3) is 0 Å². The van der Waals surface area contributed by atoms with E-state index in [2.05, 4.69) is 25.5 Å². The van der Waals surface area contributed by atoms with Crippen molar-refractivity contribution in [1.82, 2.24) is 20.2 Å². The van der Waals surface area contributed by atoms with E-state index in [4.69, 9.17) is 15.7 Å². The molecule has 0 saturated heterocycles. The zero-order chi connectivity index (χ0) is 22.9. The number of aromatic hydroxyl groups is 1. The molecule has 0 radical (unpaired) electrons. The highest BCUT2D eigenvalue weighted by Gasteiger charge is 2.15. The van der Waals surface area contributed by atoms with E-state index in [0.29, 0.717) is 34.7 Å². The van der Waals surface area contributed by atoms with Crippen LogP contribution in [0.2, 0.25) is 0 Å². The molecule has 5 N–H and O–H groups in total. The number of hydrogen-bond donors (Lipinski definition) is 4. The monoisotopic (exact) mass is 435 g/mol. The van der Waals surface area contributed by atoms with E-state index in [1.807, 2.05) is 19.9 Å². The van der Waals surface area contributed by atoms with Gasteiger partial charge in [-0.3, -0.25) is 5.10 Å². The Hall–Kier alpha value is -3.64. The molecule has 0 unspecified atom stereocenters. The van der Waals surface area contributed by atoms with Crippen molar-refractivity contribution in [1.29, 1.82) is 5.26 Å². The van der Waals surface area contributed by atoms with Gasteiger partial charge in [-0.25, -0.2) is 9.97 Å². The number of anilines is 2. The Morgan fingerprint density at radius 2 is 1.97 bits per heavy atom. The number of hydrogen-bond acceptors (Lipinski definition) is 8. The van der Waals surface area contributed by atoms with Gasteiger partial charge < -0.3 is 20.9 Å². The van der Waals surface area contributed by atoms with Crippen LogP contribution in [0.4, 0.5) is 11.6 Å². The first-order valence-corrected chi connectivity index (χ1v) is 10.8. The second-order valence-electron chi connectivity index (χ2n) is 7.91. The number of phenols is 1. The second-order valence-corrected chi connectivity index (χ2v) is 7.91. The zero-order valence-corrected chi connectivity index (χ0v) is 18.4. The molecule has 0 bridgehead atoms. The number of aromatic amines is 1. The molecule has 1 aromatic carbocycles. The Morgan fingerprint density at radius 1 is 1.19 bits per heavy atom. The number of nitrogens with zero attached hydrogens (tertiary/aromatic N) is 4. The van der Waals surface area contributed by atoms with Crippen LogP contribution in [0.1, 0.15) is 51.6 Å². The lowest BCUT2D eigenvalue weighted by atomic mass is 9.97. The molecule has 3 aromatic rings. The minimum atomic E-state index is -0.0324. The van der Waals surface area contributed by atoms with Crippen LogP contribution in [-0.4, -0.2) is 37.4 Å². The van der Waals surface area contributed by atoms with Crippen molar-refractivity contribution in [3.8, 4) is 28.8 Å². The largest absolute Gasteiger partial charge is 0.507 e. The Morgan fingerprint density at radius 3 is 2.56 bits per heavy atom. The molecule has 1 aliphatic carbocycles. The molecule has 9 nitrogen and oxygen atoms in total. The quantitative estimate of drug-likeness (QED) is 0.465. The predicted molar refractivity (Wildman–Crippen MR) is 123 cm³/mol. The van der Waals surface area contributed by atoms with E-state index in [1.165, 1.54) is 44.5 Å². The summed E-state index contributed by atoms with van der Waals surface area (Å²) in [5.74, 6) is 1.59. The van der Waals surface area contributed by atoms with Crippen LogP contribution in [0.15, 0.2) is 36.7 Å². The van der Waals surface area contributed by atoms with Crippen molar-refractivity contribution < 1.29 is 9.84 Å². The summed E-state index contributed by atoms with van der Waals surface area (Å²) in [7, 11) is 0. The summed E-state index contributed by atoms with van der Waals surface area (Å²) in [6, 6.07) is 9.26. The van der Waals surface area contributed by atoms with Crippen molar-refractivity contribution in [2.24, 2.45) is 5.73 Å². The molecule has 0 atom stereocenters. The third kappa shape index (κ3) is 6.43. The number of benzene rings is 1. The predicted octanol–water partition coefficient (Wildman–Crippen LogP) is 4.25. The average molecular weight is 436 g/mol. The average Bonchev–Trinajstić information content (AvgIpc) is 3.23. The fourth-order valence-electron chi connectivity index (χ4n) is 3.37. The molecule has 1 saturated carbocycles. The van der Waals surface area contributed by atoms with Crippen molar-refractivity contribution >= 4 is 11.6 Å². The topological polar surface area (TPSA) is 146 Å². The lowest BCUT2D eigenvalue weighted by Crippen LogP contribution is -2.22. The molecule has 1 fully saturated rings. The van der Waals surface area contributed by atoms with Crippen molar-refractivity contribution in [2.75, 3.05) is 5.32 Å². The number of nitrogens with one attached hydrogen (secondary N) is 2. The van der Waals surface area contributed by atoms with Gasteiger partial charge in [-0.2, -0.15) is 10.4 Å². The smallest absolute Gasteiger partial charge is 0.158 e. The molecule has 0 aliphatic heterocycles. The molecular formula is C23H29N7O2. The number of rotatable bonds is 5. The van der Waals surface area contributed by atoms with Crippen molar-refractivity contribution in [3.05, 3.63) is 42.4 Å². The highest BCUT2D eigenvalue weighted by Crippen LogP contribution is 2.38. The first-order chi connectivity index (χ1) is 15.5. The molecule has 0 spiro atoms. The molecule has 32 heavy (non-hydrogen) atoms. The van der Waals surface area contributed by atoms with E-state index in [1.54, 1.807) is 24.3 Å². The number of nitriles is 1. The fourth-order valence-corrected chi connectivity index (χ4v) is 3.37. The van der Waals surface area contributed by atoms with E-state index < -0.39 is 0 Å². The van der Waals surface area contributed by atoms with Crippen LogP contribution < -0.4 is 15.8 Å². The number of nitrogens with two attached hydrogens (primary N) is 1. The van der Waals surface area contributed by atoms with Crippen LogP contribution in [0, 0.1) is 11.3 Å². The van der Waals surface area contributed by atoms with E-state index in [-0.39, 0.29) is 17.5 Å². The number of H-pyrrole nitrogens is 1. The maximum atomic E-state index is 10.2. The number of aromatic nitrogens is 4. The SMILES string of the molecule is CC(C)Oc1cccc(O)c1-c1cc(Nc2cnc(C#N)cn2)n[nH]1.NC1CCCCC1. The van der Waals surface area contributed by atoms with Crippen molar-refractivity contribution in [3.63, 3.8) is 0 Å². The molecule has 1 aliphatic rings. The molecular weight excluding hydrogens is 406 g/mol. The molecule has 2 heterocycles. The summed E-state index contributed by atoms with van der Waals surface area (Å²) >= 11 is 0. The highest BCUT2D eigenvalue weighted by molar-refractivity contribution is 5.76. The summed E-state index contributed by atoms with van der Waals surface area (Å²) in [5.41, 5.74) is 6.99. The van der Waals surface area contributed by atoms with E-state index in [0.717, 1.165) is 0 Å². The van der Waals surface area contributed by atoms with Gasteiger partial charge in [0.1, 0.15) is 23.4 Å². The Bertz CT molecular complexity index is 1040. The summed E-state index contributed by atoms with van der Waals surface area (Å²) in [6.45, 7) is 3.83. The van der Waals surface area contributed by atoms with Crippen LogP contribution in [0.5, 0.6) is 11.5 Å². The van der Waals surface area contributed by atoms with E-state index >= 15 is 0 Å². The first kappa shape index (κ1) is 23.0. The lowest BCUT2D eigenvalue weighted by Gasteiger charge is -2.15. The summed E-state index contributed by atoms with van der Waals surface area (Å²) < 4.78 is 5.75. The fraction of sp³-hybridized carbons (Fsp3) is 0.391. The van der Waals surface area contributed by atoms with Gasteiger partial charge in [0.05, 0.1) is 29.8 Å². The van der Waals surface area contributed by atoms with Crippen LogP contribution in [-0.2, 0) is 0 Å². The van der Waals surface area contributed by atoms with Gasteiger partial charge in [0.15, 0.2) is 11.5 Å². The third-order valence-corrected chi connectivity index (χ3v) is 4.89. The van der Waals surface area contributed by atoms with Crippen LogP contribution in [0.3, 0.4) is 0 Å². The van der Waals surface area contributed by atoms with Gasteiger partial charge in [-0.05, 0) is 38.8 Å². The maximum absolute atomic E-state index is 10.2. The standard InChI is InChI=1S/C17H16N6O2.C6H13N/c1-10(2)25-14-5-3-4-13(24)17(14)12-6-15(23-22-12)21-16-9-19-11(7-18)8-20-16;7-6-4-2-1-3-5-6/h3-6,8-10,24H,1-2H3,(H2,20,21,22,23);6H,1-5,7H2. The second kappa shape index (κ2) is 11.1. The third-order valence-electron chi connectivity index (χ3n) is 4.89. The Kier molecular flexibility index (Phi) is 8.00. The summed E-state index contributed by atoms with van der Waals surface area (Å²) in [5, 5.41) is 28.9. The Balaban J connectivity index is 0.000000352. The number of phenolic OH excluding ortho intramolecular Hbond substituents is 1.